The molecule has 102 valence electrons. The van der Waals surface area contributed by atoms with Crippen molar-refractivity contribution >= 4 is 27.0 Å². The maximum Gasteiger partial charge on any atom is 0.260 e. The summed E-state index contributed by atoms with van der Waals surface area (Å²) in [6.45, 7) is 0.319. The minimum absolute atomic E-state index is 0.0946. The van der Waals surface area contributed by atoms with Gasteiger partial charge in [-0.25, -0.2) is 18.1 Å². The molecule has 0 radical (unpaired) electrons. The average Bonchev–Trinajstić information content (AvgIpc) is 2.91. The molecule has 19 heavy (non-hydrogen) atoms. The molecule has 0 atom stereocenters. The number of nitrogens with one attached hydrogen (secondary N) is 2. The molecular formula is C11H14N4O2S2. The van der Waals surface area contributed by atoms with Gasteiger partial charge in [0.1, 0.15) is 0 Å². The van der Waals surface area contributed by atoms with E-state index in [1.54, 1.807) is 23.5 Å². The van der Waals surface area contributed by atoms with Crippen LogP contribution in [-0.4, -0.2) is 19.9 Å². The predicted octanol–water partition coefficient (Wildman–Crippen LogP) is 0.950. The highest BCUT2D eigenvalue weighted by Gasteiger charge is 2.19. The fourth-order valence-corrected chi connectivity index (χ4v) is 3.37. The van der Waals surface area contributed by atoms with Gasteiger partial charge < -0.3 is 5.43 Å². The number of thiophene rings is 1. The number of nitrogen functional groups attached to an aromatic ring is 1. The Morgan fingerprint density at radius 1 is 1.37 bits per heavy atom. The molecule has 4 N–H and O–H groups in total. The highest BCUT2D eigenvalue weighted by atomic mass is 32.2. The van der Waals surface area contributed by atoms with Gasteiger partial charge in [0.25, 0.3) is 10.0 Å². The van der Waals surface area contributed by atoms with Crippen LogP contribution in [0.2, 0.25) is 0 Å². The molecular weight excluding hydrogens is 284 g/mol. The van der Waals surface area contributed by atoms with Crippen LogP contribution in [0.1, 0.15) is 5.56 Å². The minimum Gasteiger partial charge on any atom is -0.321 e. The van der Waals surface area contributed by atoms with Crippen LogP contribution in [0.25, 0.3) is 0 Å². The summed E-state index contributed by atoms with van der Waals surface area (Å²) in [5.41, 5.74) is 3.70. The van der Waals surface area contributed by atoms with E-state index < -0.39 is 10.0 Å². The van der Waals surface area contributed by atoms with Crippen LogP contribution >= 0.6 is 11.3 Å². The van der Waals surface area contributed by atoms with Gasteiger partial charge >= 0.3 is 0 Å². The van der Waals surface area contributed by atoms with E-state index in [0.29, 0.717) is 13.0 Å². The van der Waals surface area contributed by atoms with Crippen LogP contribution in [-0.2, 0) is 16.4 Å². The Kier molecular flexibility index (Phi) is 4.48. The summed E-state index contributed by atoms with van der Waals surface area (Å²) < 4.78 is 26.7. The third-order valence-corrected chi connectivity index (χ3v) is 4.62. The van der Waals surface area contributed by atoms with Gasteiger partial charge in [-0.3, -0.25) is 5.84 Å². The van der Waals surface area contributed by atoms with Gasteiger partial charge in [-0.05, 0) is 40.9 Å². The van der Waals surface area contributed by atoms with Gasteiger partial charge in [0.15, 0.2) is 5.03 Å². The lowest BCUT2D eigenvalue weighted by Crippen LogP contribution is -2.28. The lowest BCUT2D eigenvalue weighted by atomic mass is 10.2. The molecule has 0 bridgehead atoms. The molecule has 0 unspecified atom stereocenters. The summed E-state index contributed by atoms with van der Waals surface area (Å²) >= 11 is 1.58. The van der Waals surface area contributed by atoms with Crippen LogP contribution in [0.15, 0.2) is 40.2 Å². The van der Waals surface area contributed by atoms with Gasteiger partial charge in [-0.2, -0.15) is 11.3 Å². The lowest BCUT2D eigenvalue weighted by molar-refractivity contribution is 0.578. The van der Waals surface area contributed by atoms with Crippen LogP contribution in [0, 0.1) is 0 Å². The zero-order valence-corrected chi connectivity index (χ0v) is 11.7. The number of hydrogen-bond acceptors (Lipinski definition) is 6. The molecule has 0 aliphatic heterocycles. The molecule has 0 saturated heterocycles. The Balaban J connectivity index is 2.05. The molecule has 0 fully saturated rings. The Morgan fingerprint density at radius 3 is 2.89 bits per heavy atom. The summed E-state index contributed by atoms with van der Waals surface area (Å²) in [6.07, 6.45) is 2.05. The van der Waals surface area contributed by atoms with Crippen LogP contribution in [0.4, 0.5) is 5.69 Å². The Hall–Kier alpha value is -1.48. The fraction of sp³-hybridized carbons (Fsp3) is 0.182. The molecule has 8 heteroatoms. The van der Waals surface area contributed by atoms with E-state index in [9.17, 15) is 8.42 Å². The normalized spacial score (nSPS) is 11.4. The van der Waals surface area contributed by atoms with Gasteiger partial charge in [0, 0.05) is 12.7 Å². The summed E-state index contributed by atoms with van der Waals surface area (Å²) in [7, 11) is -3.66. The second kappa shape index (κ2) is 6.11. The molecule has 0 amide bonds. The molecule has 0 aliphatic rings. The van der Waals surface area contributed by atoms with Crippen molar-refractivity contribution in [2.75, 3.05) is 12.0 Å². The highest BCUT2D eigenvalue weighted by Crippen LogP contribution is 2.16. The summed E-state index contributed by atoms with van der Waals surface area (Å²) in [5.74, 6) is 5.27. The number of pyridine rings is 1. The van der Waals surface area contributed by atoms with Gasteiger partial charge in [0.05, 0.1) is 5.69 Å². The first-order chi connectivity index (χ1) is 9.13. The van der Waals surface area contributed by atoms with Crippen LogP contribution < -0.4 is 16.0 Å². The number of nitrogens with two attached hydrogens (primary N) is 1. The second-order valence-corrected chi connectivity index (χ2v) is 6.24. The average molecular weight is 298 g/mol. The van der Waals surface area contributed by atoms with E-state index in [-0.39, 0.29) is 10.7 Å². The Labute approximate surface area is 115 Å². The topological polar surface area (TPSA) is 97.1 Å². The van der Waals surface area contributed by atoms with Gasteiger partial charge in [-0.15, -0.1) is 0 Å². The van der Waals surface area contributed by atoms with E-state index in [1.165, 1.54) is 6.20 Å². The first kappa shape index (κ1) is 13.9. The van der Waals surface area contributed by atoms with Gasteiger partial charge in [0.2, 0.25) is 0 Å². The third kappa shape index (κ3) is 3.51. The molecule has 6 nitrogen and oxygen atoms in total. The minimum atomic E-state index is -3.66. The zero-order valence-electron chi connectivity index (χ0n) is 10.0. The van der Waals surface area contributed by atoms with E-state index >= 15 is 0 Å². The standard InChI is InChI=1S/C11H14N4O2S2/c12-15-10-2-1-5-13-11(10)19(16,17)14-6-3-9-4-7-18-8-9/h1-2,4-5,7-8,14-15H,3,6,12H2. The number of aromatic nitrogens is 1. The third-order valence-electron chi connectivity index (χ3n) is 2.47. The summed E-state index contributed by atoms with van der Waals surface area (Å²) in [5, 5.41) is 3.85. The molecule has 2 rings (SSSR count). The first-order valence-corrected chi connectivity index (χ1v) is 7.98. The molecule has 0 aliphatic carbocycles. The van der Waals surface area contributed by atoms with Crippen molar-refractivity contribution in [1.82, 2.24) is 9.71 Å². The van der Waals surface area contributed by atoms with Crippen molar-refractivity contribution in [3.63, 3.8) is 0 Å². The molecule has 2 heterocycles. The zero-order chi connectivity index (χ0) is 13.7. The molecule has 2 aromatic rings. The fourth-order valence-electron chi connectivity index (χ4n) is 1.55. The maximum absolute atomic E-state index is 12.1. The van der Waals surface area contributed by atoms with E-state index in [4.69, 9.17) is 5.84 Å². The number of nitrogens with zero attached hydrogens (tertiary/aromatic N) is 1. The van der Waals surface area contributed by atoms with Crippen molar-refractivity contribution < 1.29 is 8.42 Å². The molecule has 0 aromatic carbocycles. The highest BCUT2D eigenvalue weighted by molar-refractivity contribution is 7.89. The van der Waals surface area contributed by atoms with Crippen molar-refractivity contribution in [2.24, 2.45) is 5.84 Å². The van der Waals surface area contributed by atoms with E-state index in [2.05, 4.69) is 15.1 Å². The van der Waals surface area contributed by atoms with Crippen molar-refractivity contribution in [2.45, 2.75) is 11.4 Å². The number of hydrazine groups is 1. The number of rotatable bonds is 6. The van der Waals surface area contributed by atoms with E-state index in [0.717, 1.165) is 5.56 Å². The second-order valence-electron chi connectivity index (χ2n) is 3.78. The maximum atomic E-state index is 12.1. The van der Waals surface area contributed by atoms with Gasteiger partial charge in [-0.1, -0.05) is 0 Å². The quantitative estimate of drug-likeness (QED) is 0.545. The summed E-state index contributed by atoms with van der Waals surface area (Å²) in [4.78, 5) is 3.85. The molecule has 0 spiro atoms. The number of sulfonamides is 1. The first-order valence-electron chi connectivity index (χ1n) is 5.56. The molecule has 0 saturated carbocycles. The van der Waals surface area contributed by atoms with Crippen LogP contribution in [0.3, 0.4) is 0 Å². The van der Waals surface area contributed by atoms with Crippen molar-refractivity contribution in [3.8, 4) is 0 Å². The largest absolute Gasteiger partial charge is 0.321 e. The monoisotopic (exact) mass is 298 g/mol. The number of anilines is 1. The van der Waals surface area contributed by atoms with Crippen LogP contribution in [0.5, 0.6) is 0 Å². The molecule has 2 aromatic heterocycles. The van der Waals surface area contributed by atoms with Crippen molar-refractivity contribution in [3.05, 3.63) is 40.7 Å². The number of hydrogen-bond donors (Lipinski definition) is 3. The van der Waals surface area contributed by atoms with E-state index in [1.807, 2.05) is 16.8 Å². The smallest absolute Gasteiger partial charge is 0.260 e. The Bertz CT molecular complexity index is 626. The summed E-state index contributed by atoms with van der Waals surface area (Å²) in [6, 6.07) is 5.13. The van der Waals surface area contributed by atoms with Crippen molar-refractivity contribution in [1.29, 1.82) is 0 Å². The predicted molar refractivity (Wildman–Crippen MR) is 75.3 cm³/mol. The SMILES string of the molecule is NNc1cccnc1S(=O)(=O)NCCc1ccsc1. The lowest BCUT2D eigenvalue weighted by Gasteiger charge is -2.09. The Morgan fingerprint density at radius 2 is 2.21 bits per heavy atom.